The van der Waals surface area contributed by atoms with Crippen molar-refractivity contribution in [3.63, 3.8) is 0 Å². The Labute approximate surface area is 299 Å². The summed E-state index contributed by atoms with van der Waals surface area (Å²) in [7, 11) is -5.18. The Balaban J connectivity index is -0.00000760. The smallest absolute Gasteiger partial charge is 0.790 e. The molecule has 238 valence electrons. The van der Waals surface area contributed by atoms with Crippen LogP contribution in [0.2, 0.25) is 0 Å². The summed E-state index contributed by atoms with van der Waals surface area (Å²) < 4.78 is 31.3. The zero-order valence-electron chi connectivity index (χ0n) is 27.2. The Morgan fingerprint density at radius 1 is 0.714 bits per heavy atom. The van der Waals surface area contributed by atoms with E-state index >= 15 is 0 Å². The third-order valence-corrected chi connectivity index (χ3v) is 6.98. The predicted molar refractivity (Wildman–Crippen MR) is 152 cm³/mol. The summed E-state index contributed by atoms with van der Waals surface area (Å²) in [6.07, 6.45) is 19.5. The first kappa shape index (κ1) is 47.4. The third-order valence-electron chi connectivity index (χ3n) is 6.51. The number of esters is 1. The molecule has 0 bridgehead atoms. The van der Waals surface area contributed by atoms with Crippen molar-refractivity contribution in [2.45, 2.75) is 142 Å². The maximum Gasteiger partial charge on any atom is 1.00 e. The minimum Gasteiger partial charge on any atom is -0.790 e. The number of hydrogen-bond donors (Lipinski definition) is 1. The van der Waals surface area contributed by atoms with E-state index in [1.165, 1.54) is 64.7 Å². The summed E-state index contributed by atoms with van der Waals surface area (Å²) in [4.78, 5) is 44.7. The Bertz CT molecular complexity index is 657. The number of carbonyl (C=O) groups excluding carboxylic acids is 2. The van der Waals surface area contributed by atoms with Crippen LogP contribution in [0.4, 0.5) is 0 Å². The first-order valence-electron chi connectivity index (χ1n) is 15.5. The molecular weight excluding hydrogens is 583 g/mol. The predicted octanol–water partition coefficient (Wildman–Crippen LogP) is -0.690. The number of hydrogen-bond acceptors (Lipinski definition) is 9. The summed E-state index contributed by atoms with van der Waals surface area (Å²) in [5, 5.41) is 2.80. The van der Waals surface area contributed by atoms with E-state index < -0.39 is 26.5 Å². The molecule has 0 heterocycles. The van der Waals surface area contributed by atoms with E-state index in [1.54, 1.807) is 0 Å². The average molecular weight is 640 g/mol. The maximum atomic E-state index is 12.2. The molecule has 0 saturated carbocycles. The van der Waals surface area contributed by atoms with Crippen LogP contribution in [0, 0.1) is 0 Å². The molecular formula is C29H56NNa2O9P. The molecule has 42 heavy (non-hydrogen) atoms. The molecule has 0 aliphatic carbocycles. The minimum atomic E-state index is -5.18. The molecule has 10 nitrogen and oxygen atoms in total. The van der Waals surface area contributed by atoms with E-state index in [4.69, 9.17) is 14.2 Å². The molecule has 0 aromatic carbocycles. The van der Waals surface area contributed by atoms with Gasteiger partial charge in [0.2, 0.25) is 5.91 Å². The van der Waals surface area contributed by atoms with Crippen molar-refractivity contribution in [2.75, 3.05) is 33.2 Å². The molecule has 0 unspecified atom stereocenters. The van der Waals surface area contributed by atoms with Crippen LogP contribution in [0.25, 0.3) is 0 Å². The van der Waals surface area contributed by atoms with Crippen LogP contribution >= 0.6 is 7.82 Å². The van der Waals surface area contributed by atoms with Crippen molar-refractivity contribution in [1.82, 2.24) is 5.32 Å². The Hall–Kier alpha value is 0.970. The Kier molecular flexibility index (Phi) is 39.3. The SMILES string of the molecule is CCCCCCCCCCCCC(=O)O[C@@H](COCOCCCCCCCCCCNC(C)=O)COP(=O)([O-])[O-].[Na+].[Na+]. The monoisotopic (exact) mass is 639 g/mol. The molecule has 0 aliphatic rings. The first-order chi connectivity index (χ1) is 19.2. The molecule has 1 amide bonds. The number of phosphoric ester groups is 1. The van der Waals surface area contributed by atoms with Gasteiger partial charge in [-0.3, -0.25) is 9.59 Å². The van der Waals surface area contributed by atoms with E-state index in [9.17, 15) is 23.9 Å². The molecule has 1 N–H and O–H groups in total. The number of nitrogens with one attached hydrogen (secondary N) is 1. The van der Waals surface area contributed by atoms with Gasteiger partial charge < -0.3 is 38.4 Å². The topological polar surface area (TPSA) is 146 Å². The number of rotatable bonds is 30. The molecule has 13 heteroatoms. The van der Waals surface area contributed by atoms with Gasteiger partial charge in [0.1, 0.15) is 12.9 Å². The van der Waals surface area contributed by atoms with Gasteiger partial charge in [-0.1, -0.05) is 103 Å². The van der Waals surface area contributed by atoms with Gasteiger partial charge in [-0.25, -0.2) is 0 Å². The Morgan fingerprint density at radius 2 is 1.21 bits per heavy atom. The van der Waals surface area contributed by atoms with Crippen LogP contribution in [0.5, 0.6) is 0 Å². The second-order valence-corrected chi connectivity index (χ2v) is 11.6. The quantitative estimate of drug-likeness (QED) is 0.0355. The van der Waals surface area contributed by atoms with Crippen molar-refractivity contribution in [1.29, 1.82) is 0 Å². The van der Waals surface area contributed by atoms with E-state index in [-0.39, 0.29) is 84.8 Å². The summed E-state index contributed by atoms with van der Waals surface area (Å²) in [5.41, 5.74) is 0. The fraction of sp³-hybridized carbons (Fsp3) is 0.931. The fourth-order valence-corrected chi connectivity index (χ4v) is 4.59. The molecule has 0 aromatic rings. The number of amides is 1. The van der Waals surface area contributed by atoms with E-state index in [1.807, 2.05) is 0 Å². The van der Waals surface area contributed by atoms with Crippen LogP contribution < -0.4 is 74.2 Å². The average Bonchev–Trinajstić information content (AvgIpc) is 2.89. The molecule has 0 saturated heterocycles. The molecule has 0 rings (SSSR count). The van der Waals surface area contributed by atoms with Crippen LogP contribution in [-0.2, 0) is 32.9 Å². The van der Waals surface area contributed by atoms with Crippen molar-refractivity contribution in [2.24, 2.45) is 0 Å². The molecule has 0 radical (unpaired) electrons. The van der Waals surface area contributed by atoms with Crippen LogP contribution in [0.3, 0.4) is 0 Å². The maximum absolute atomic E-state index is 12.2. The molecule has 1 atom stereocenters. The zero-order chi connectivity index (χ0) is 29.7. The van der Waals surface area contributed by atoms with Crippen molar-refractivity contribution in [3.05, 3.63) is 0 Å². The van der Waals surface area contributed by atoms with E-state index in [0.717, 1.165) is 57.9 Å². The number of phosphoric acid groups is 1. The van der Waals surface area contributed by atoms with Gasteiger partial charge >= 0.3 is 65.1 Å². The summed E-state index contributed by atoms with van der Waals surface area (Å²) in [5.74, 6) is -0.438. The number of unbranched alkanes of at least 4 members (excludes halogenated alkanes) is 16. The molecule has 0 aromatic heterocycles. The van der Waals surface area contributed by atoms with Gasteiger partial charge in [0.05, 0.1) is 21.0 Å². The number of ether oxygens (including phenoxy) is 3. The van der Waals surface area contributed by atoms with Crippen LogP contribution in [0.15, 0.2) is 0 Å². The van der Waals surface area contributed by atoms with Crippen LogP contribution in [-0.4, -0.2) is 51.1 Å². The zero-order valence-corrected chi connectivity index (χ0v) is 32.1. The standard InChI is InChI=1S/C29H58NO9P.2Na/c1-3-4-5-6-7-8-9-12-15-18-21-29(32)39-28(25-38-40(33,34)35)24-37-26-36-23-20-17-14-11-10-13-16-19-22-30-27(2)31;;/h28H,3-26H2,1-2H3,(H,30,31)(H2,33,34,35);;/q;2*+1/p-2/t28-;;/m0../s1. The van der Waals surface area contributed by atoms with Gasteiger partial charge in [0, 0.05) is 26.5 Å². The largest absolute Gasteiger partial charge is 1.00 e. The van der Waals surface area contributed by atoms with Gasteiger partial charge in [-0.2, -0.15) is 0 Å². The van der Waals surface area contributed by atoms with E-state index in [0.29, 0.717) is 13.0 Å². The first-order valence-corrected chi connectivity index (χ1v) is 17.0. The second kappa shape index (κ2) is 34.8. The summed E-state index contributed by atoms with van der Waals surface area (Å²) >= 11 is 0. The number of carbonyl (C=O) groups is 2. The normalized spacial score (nSPS) is 11.8. The molecule has 0 aliphatic heterocycles. The van der Waals surface area contributed by atoms with Crippen LogP contribution in [0.1, 0.15) is 136 Å². The van der Waals surface area contributed by atoms with Crippen molar-refractivity contribution >= 4 is 19.7 Å². The van der Waals surface area contributed by atoms with Gasteiger partial charge in [-0.05, 0) is 19.3 Å². The fourth-order valence-electron chi connectivity index (χ4n) is 4.24. The van der Waals surface area contributed by atoms with Gasteiger partial charge in [0.25, 0.3) is 0 Å². The Morgan fingerprint density at radius 3 is 1.74 bits per heavy atom. The van der Waals surface area contributed by atoms with Crippen molar-refractivity contribution in [3.8, 4) is 0 Å². The summed E-state index contributed by atoms with van der Waals surface area (Å²) in [6.45, 7) is 4.32. The van der Waals surface area contributed by atoms with Gasteiger partial charge in [-0.15, -0.1) is 0 Å². The summed E-state index contributed by atoms with van der Waals surface area (Å²) in [6, 6.07) is 0. The third kappa shape index (κ3) is 39.0. The molecule has 0 fully saturated rings. The second-order valence-electron chi connectivity index (χ2n) is 10.5. The minimum absolute atomic E-state index is 0. The van der Waals surface area contributed by atoms with Gasteiger partial charge in [0.15, 0.2) is 0 Å². The van der Waals surface area contributed by atoms with E-state index in [2.05, 4.69) is 16.8 Å². The molecule has 0 spiro atoms. The van der Waals surface area contributed by atoms with Crippen molar-refractivity contribution < 1.29 is 102 Å².